The van der Waals surface area contributed by atoms with Crippen LogP contribution in [0, 0.1) is 0 Å². The van der Waals surface area contributed by atoms with Crippen LogP contribution in [0.25, 0.3) is 0 Å². The molecular formula is C11H11NO2. The first kappa shape index (κ1) is 8.12. The Morgan fingerprint density at radius 3 is 3.00 bits per heavy atom. The fourth-order valence-corrected chi connectivity index (χ4v) is 2.31. The maximum Gasteiger partial charge on any atom is 0.181 e. The molecule has 3 nitrogen and oxygen atoms in total. The van der Waals surface area contributed by atoms with Crippen LogP contribution < -0.4 is 0 Å². The second kappa shape index (κ2) is 2.64. The molecule has 0 radical (unpaired) electrons. The molecule has 72 valence electrons. The summed E-state index contributed by atoms with van der Waals surface area (Å²) >= 11 is 0. The third kappa shape index (κ3) is 0.904. The Labute approximate surface area is 82.1 Å². The number of hydrogen-bond donors (Lipinski definition) is 0. The van der Waals surface area contributed by atoms with E-state index in [1.165, 1.54) is 0 Å². The molecule has 1 saturated heterocycles. The molecule has 1 spiro atoms. The monoisotopic (exact) mass is 189 g/mol. The van der Waals surface area contributed by atoms with E-state index in [-0.39, 0.29) is 11.2 Å². The first-order valence-electron chi connectivity index (χ1n) is 4.88. The van der Waals surface area contributed by atoms with Gasteiger partial charge in [-0.3, -0.25) is 9.78 Å². The van der Waals surface area contributed by atoms with E-state index >= 15 is 0 Å². The van der Waals surface area contributed by atoms with Crippen molar-refractivity contribution in [3.8, 4) is 0 Å². The highest BCUT2D eigenvalue weighted by Gasteiger charge is 2.45. The first-order chi connectivity index (χ1) is 6.82. The highest BCUT2D eigenvalue weighted by molar-refractivity contribution is 5.97. The summed E-state index contributed by atoms with van der Waals surface area (Å²) in [6, 6.07) is 3.92. The second-order valence-corrected chi connectivity index (χ2v) is 4.10. The fourth-order valence-electron chi connectivity index (χ4n) is 2.31. The predicted octanol–water partition coefficient (Wildman–Crippen LogP) is 1.33. The molecule has 0 atom stereocenters. The van der Waals surface area contributed by atoms with Crippen LogP contribution in [0.4, 0.5) is 0 Å². The summed E-state index contributed by atoms with van der Waals surface area (Å²) in [7, 11) is 0. The molecule has 0 saturated carbocycles. The summed E-state index contributed by atoms with van der Waals surface area (Å²) in [5.41, 5.74) is 1.88. The molecule has 14 heavy (non-hydrogen) atoms. The number of aromatic nitrogens is 1. The molecule has 0 unspecified atom stereocenters. The minimum absolute atomic E-state index is 0.109. The molecule has 1 fully saturated rings. The van der Waals surface area contributed by atoms with Gasteiger partial charge in [-0.05, 0) is 18.1 Å². The van der Waals surface area contributed by atoms with E-state index in [9.17, 15) is 4.79 Å². The van der Waals surface area contributed by atoms with Gasteiger partial charge in [0.15, 0.2) is 5.78 Å². The number of ether oxygens (including phenoxy) is 1. The average molecular weight is 189 g/mol. The third-order valence-electron chi connectivity index (χ3n) is 3.23. The summed E-state index contributed by atoms with van der Waals surface area (Å²) in [4.78, 5) is 15.8. The number of hydrogen-bond acceptors (Lipinski definition) is 3. The van der Waals surface area contributed by atoms with Crippen molar-refractivity contribution in [2.45, 2.75) is 18.3 Å². The van der Waals surface area contributed by atoms with Gasteiger partial charge < -0.3 is 4.74 Å². The van der Waals surface area contributed by atoms with Crippen molar-refractivity contribution in [2.75, 3.05) is 13.2 Å². The number of fused-ring (bicyclic) bond motifs is 2. The molecule has 2 heterocycles. The molecule has 2 aliphatic rings. The molecule has 3 heteroatoms. The molecule has 1 aliphatic carbocycles. The number of nitrogens with zero attached hydrogens (tertiary/aromatic N) is 1. The van der Waals surface area contributed by atoms with E-state index < -0.39 is 0 Å². The van der Waals surface area contributed by atoms with E-state index in [0.717, 1.165) is 25.2 Å². The normalized spacial score (nSPS) is 23.0. The molecule has 3 rings (SSSR count). The van der Waals surface area contributed by atoms with Crippen LogP contribution in [-0.4, -0.2) is 24.0 Å². The summed E-state index contributed by atoms with van der Waals surface area (Å²) < 4.78 is 5.27. The van der Waals surface area contributed by atoms with Gasteiger partial charge in [0.25, 0.3) is 0 Å². The highest BCUT2D eigenvalue weighted by atomic mass is 16.5. The number of rotatable bonds is 0. The molecule has 0 aromatic carbocycles. The first-order valence-corrected chi connectivity index (χ1v) is 4.88. The Kier molecular flexibility index (Phi) is 1.53. The van der Waals surface area contributed by atoms with Crippen molar-refractivity contribution in [1.82, 2.24) is 4.98 Å². The van der Waals surface area contributed by atoms with Crippen LogP contribution in [0.2, 0.25) is 0 Å². The number of Topliss-reactive ketones (excluding diaryl/α,β-unsaturated/α-hetero) is 1. The van der Waals surface area contributed by atoms with Gasteiger partial charge in [-0.15, -0.1) is 0 Å². The van der Waals surface area contributed by atoms with Crippen molar-refractivity contribution < 1.29 is 9.53 Å². The number of ketones is 1. The van der Waals surface area contributed by atoms with Crippen LogP contribution in [0.3, 0.4) is 0 Å². The molecule has 0 bridgehead atoms. The van der Waals surface area contributed by atoms with Gasteiger partial charge in [0.1, 0.15) is 5.69 Å². The molecule has 1 aromatic rings. The van der Waals surface area contributed by atoms with Crippen molar-refractivity contribution in [3.05, 3.63) is 29.6 Å². The molecule has 1 aliphatic heterocycles. The lowest BCUT2D eigenvalue weighted by Crippen LogP contribution is -2.50. The Bertz CT molecular complexity index is 396. The Morgan fingerprint density at radius 2 is 2.29 bits per heavy atom. The van der Waals surface area contributed by atoms with E-state index in [0.29, 0.717) is 12.1 Å². The van der Waals surface area contributed by atoms with Crippen LogP contribution in [0.1, 0.15) is 28.9 Å². The summed E-state index contributed by atoms with van der Waals surface area (Å²) in [6.07, 6.45) is 3.23. The maximum atomic E-state index is 11.6. The molecule has 0 amide bonds. The van der Waals surface area contributed by atoms with Crippen LogP contribution in [0.5, 0.6) is 0 Å². The largest absolute Gasteiger partial charge is 0.379 e. The Balaban J connectivity index is 2.17. The predicted molar refractivity (Wildman–Crippen MR) is 50.3 cm³/mol. The second-order valence-electron chi connectivity index (χ2n) is 4.10. The Morgan fingerprint density at radius 1 is 1.43 bits per heavy atom. The van der Waals surface area contributed by atoms with Gasteiger partial charge in [-0.2, -0.15) is 0 Å². The number of pyridine rings is 1. The standard InChI is InChI=1S/C11H11NO2/c13-9-3-4-11(6-14-7-11)8-2-1-5-12-10(8)9/h1-2,5H,3-4,6-7H2. The maximum absolute atomic E-state index is 11.6. The van der Waals surface area contributed by atoms with Crippen LogP contribution in [0.15, 0.2) is 18.3 Å². The lowest BCUT2D eigenvalue weighted by atomic mass is 9.70. The smallest absolute Gasteiger partial charge is 0.181 e. The van der Waals surface area contributed by atoms with E-state index in [4.69, 9.17) is 4.74 Å². The number of carbonyl (C=O) groups is 1. The lowest BCUT2D eigenvalue weighted by molar-refractivity contribution is -0.0665. The quantitative estimate of drug-likeness (QED) is 0.618. The summed E-state index contributed by atoms with van der Waals surface area (Å²) in [5, 5.41) is 0. The van der Waals surface area contributed by atoms with Gasteiger partial charge >= 0.3 is 0 Å². The van der Waals surface area contributed by atoms with Gasteiger partial charge in [-0.1, -0.05) is 6.07 Å². The molecule has 0 N–H and O–H groups in total. The highest BCUT2D eigenvalue weighted by Crippen LogP contribution is 2.41. The average Bonchev–Trinajstić information content (AvgIpc) is 2.17. The van der Waals surface area contributed by atoms with Gasteiger partial charge in [0.05, 0.1) is 13.2 Å². The molecule has 1 aromatic heterocycles. The van der Waals surface area contributed by atoms with Gasteiger partial charge in [-0.25, -0.2) is 0 Å². The summed E-state index contributed by atoms with van der Waals surface area (Å²) in [5.74, 6) is 0.179. The van der Waals surface area contributed by atoms with Crippen molar-refractivity contribution >= 4 is 5.78 Å². The third-order valence-corrected chi connectivity index (χ3v) is 3.23. The van der Waals surface area contributed by atoms with Crippen molar-refractivity contribution in [2.24, 2.45) is 0 Å². The topological polar surface area (TPSA) is 39.2 Å². The number of carbonyl (C=O) groups excluding carboxylic acids is 1. The van der Waals surface area contributed by atoms with Crippen molar-refractivity contribution in [1.29, 1.82) is 0 Å². The van der Waals surface area contributed by atoms with Crippen LogP contribution in [-0.2, 0) is 10.2 Å². The van der Waals surface area contributed by atoms with E-state index in [1.54, 1.807) is 6.20 Å². The van der Waals surface area contributed by atoms with Gasteiger partial charge in [0, 0.05) is 18.0 Å². The zero-order valence-corrected chi connectivity index (χ0v) is 7.82. The van der Waals surface area contributed by atoms with E-state index in [1.807, 2.05) is 12.1 Å². The summed E-state index contributed by atoms with van der Waals surface area (Å²) in [6.45, 7) is 1.50. The van der Waals surface area contributed by atoms with Crippen LogP contribution >= 0.6 is 0 Å². The van der Waals surface area contributed by atoms with Gasteiger partial charge in [0.2, 0.25) is 0 Å². The zero-order valence-electron chi connectivity index (χ0n) is 7.82. The van der Waals surface area contributed by atoms with E-state index in [2.05, 4.69) is 4.98 Å². The molecular weight excluding hydrogens is 178 g/mol. The SMILES string of the molecule is O=C1CCC2(COC2)c2cccnc21. The lowest BCUT2D eigenvalue weighted by Gasteiger charge is -2.44. The van der Waals surface area contributed by atoms with Crippen molar-refractivity contribution in [3.63, 3.8) is 0 Å². The minimum atomic E-state index is 0.109. The Hall–Kier alpha value is -1.22. The zero-order chi connectivity index (χ0) is 9.60. The minimum Gasteiger partial charge on any atom is -0.379 e. The fraction of sp³-hybridized carbons (Fsp3) is 0.455.